The summed E-state index contributed by atoms with van der Waals surface area (Å²) in [5.41, 5.74) is 0. The Kier molecular flexibility index (Phi) is 4.94. The first-order valence-electron chi connectivity index (χ1n) is 2.49. The zero-order valence-electron chi connectivity index (χ0n) is 4.65. The molecule has 0 saturated heterocycles. The van der Waals surface area contributed by atoms with E-state index in [9.17, 15) is 0 Å². The summed E-state index contributed by atoms with van der Waals surface area (Å²) >= 11 is 2.38. The minimum absolute atomic E-state index is 0.705. The molecule has 0 rings (SSSR count). The highest BCUT2D eigenvalue weighted by molar-refractivity contribution is 14.1. The van der Waals surface area contributed by atoms with E-state index in [2.05, 4.69) is 36.1 Å². The smallest absolute Gasteiger partial charge is 0.0000769 e. The van der Waals surface area contributed by atoms with Gasteiger partial charge in [0.1, 0.15) is 0 Å². The van der Waals surface area contributed by atoms with Gasteiger partial charge in [-0.05, 0) is 12.3 Å². The molecule has 0 aromatic rings. The molecule has 0 aromatic heterocycles. The highest BCUT2D eigenvalue weighted by Crippen LogP contribution is 2.03. The van der Waals surface area contributed by atoms with Crippen molar-refractivity contribution < 1.29 is 0 Å². The van der Waals surface area contributed by atoms with Crippen LogP contribution >= 0.6 is 22.6 Å². The Hall–Kier alpha value is 0.470. The lowest BCUT2D eigenvalue weighted by molar-refractivity contribution is 0.714. The molecule has 0 aromatic carbocycles. The molecule has 0 heterocycles. The maximum atomic E-state index is 3.68. The topological polar surface area (TPSA) is 0 Å². The summed E-state index contributed by atoms with van der Waals surface area (Å²) < 4.78 is 1.24. The third-order valence-corrected chi connectivity index (χ3v) is 1.59. The Morgan fingerprint density at radius 3 is 2.57 bits per heavy atom. The Bertz CT molecular complexity index is 50.1. The van der Waals surface area contributed by atoms with Crippen LogP contribution in [0, 0.1) is 5.92 Å². The molecule has 0 saturated carbocycles. The molecule has 0 amide bonds. The molecule has 0 radical (unpaired) electrons. The fraction of sp³-hybridized carbons (Fsp3) is 0.667. The minimum Gasteiger partial charge on any atom is -0.103 e. The number of halogens is 1. The molecule has 0 aliphatic carbocycles. The molecule has 7 heavy (non-hydrogen) atoms. The first-order chi connectivity index (χ1) is 3.31. The summed E-state index contributed by atoms with van der Waals surface area (Å²) in [6.07, 6.45) is 3.27. The first kappa shape index (κ1) is 7.47. The highest BCUT2D eigenvalue weighted by atomic mass is 127. The summed E-state index contributed by atoms with van der Waals surface area (Å²) in [7, 11) is 0. The van der Waals surface area contributed by atoms with Crippen LogP contribution < -0.4 is 0 Å². The normalized spacial score (nSPS) is 13.4. The van der Waals surface area contributed by atoms with E-state index < -0.39 is 0 Å². The molecule has 0 aliphatic heterocycles. The van der Waals surface area contributed by atoms with E-state index in [1.807, 2.05) is 6.08 Å². The van der Waals surface area contributed by atoms with Gasteiger partial charge in [-0.1, -0.05) is 35.6 Å². The molecule has 0 unspecified atom stereocenters. The van der Waals surface area contributed by atoms with E-state index in [-0.39, 0.29) is 0 Å². The van der Waals surface area contributed by atoms with E-state index in [4.69, 9.17) is 0 Å². The first-order valence-corrected chi connectivity index (χ1v) is 4.02. The molecule has 0 fully saturated rings. The van der Waals surface area contributed by atoms with Crippen LogP contribution in [-0.2, 0) is 0 Å². The van der Waals surface area contributed by atoms with E-state index in [1.54, 1.807) is 0 Å². The SMILES string of the molecule is C=C[C@@H](C)CCI. The Morgan fingerprint density at radius 2 is 2.43 bits per heavy atom. The third-order valence-electron chi connectivity index (χ3n) is 0.967. The summed E-state index contributed by atoms with van der Waals surface area (Å²) in [6, 6.07) is 0. The molecule has 0 bridgehead atoms. The van der Waals surface area contributed by atoms with Gasteiger partial charge in [0, 0.05) is 4.43 Å². The lowest BCUT2D eigenvalue weighted by Gasteiger charge is -1.97. The summed E-state index contributed by atoms with van der Waals surface area (Å²) in [6.45, 7) is 5.86. The summed E-state index contributed by atoms with van der Waals surface area (Å²) in [5, 5.41) is 0. The molecule has 0 N–H and O–H groups in total. The molecule has 0 nitrogen and oxygen atoms in total. The van der Waals surface area contributed by atoms with Crippen LogP contribution in [0.25, 0.3) is 0 Å². The van der Waals surface area contributed by atoms with Crippen molar-refractivity contribution in [3.63, 3.8) is 0 Å². The maximum absolute atomic E-state index is 3.68. The molecule has 1 atom stereocenters. The van der Waals surface area contributed by atoms with Crippen molar-refractivity contribution in [2.45, 2.75) is 13.3 Å². The van der Waals surface area contributed by atoms with Crippen molar-refractivity contribution in [3.05, 3.63) is 12.7 Å². The number of hydrogen-bond acceptors (Lipinski definition) is 0. The largest absolute Gasteiger partial charge is 0.103 e. The Labute approximate surface area is 59.1 Å². The van der Waals surface area contributed by atoms with Gasteiger partial charge in [-0.15, -0.1) is 6.58 Å². The van der Waals surface area contributed by atoms with Gasteiger partial charge < -0.3 is 0 Å². The zero-order chi connectivity index (χ0) is 5.70. The predicted octanol–water partition coefficient (Wildman–Crippen LogP) is 2.63. The lowest BCUT2D eigenvalue weighted by atomic mass is 10.1. The maximum Gasteiger partial charge on any atom is 0.0000769 e. The van der Waals surface area contributed by atoms with Crippen molar-refractivity contribution in [1.82, 2.24) is 0 Å². The van der Waals surface area contributed by atoms with Crippen molar-refractivity contribution in [3.8, 4) is 0 Å². The standard InChI is InChI=1S/C6H11I/c1-3-6(2)4-5-7/h3,6H,1,4-5H2,2H3/t6-/m1/s1. The number of allylic oxidation sites excluding steroid dienone is 1. The molecular weight excluding hydrogens is 199 g/mol. The average molecular weight is 210 g/mol. The van der Waals surface area contributed by atoms with Crippen LogP contribution in [0.4, 0.5) is 0 Å². The van der Waals surface area contributed by atoms with Crippen LogP contribution in [-0.4, -0.2) is 4.43 Å². The van der Waals surface area contributed by atoms with Gasteiger partial charge >= 0.3 is 0 Å². The zero-order valence-corrected chi connectivity index (χ0v) is 6.81. The van der Waals surface area contributed by atoms with Gasteiger partial charge in [0.2, 0.25) is 0 Å². The average Bonchev–Trinajstić information content (AvgIpc) is 1.68. The van der Waals surface area contributed by atoms with Crippen LogP contribution in [0.5, 0.6) is 0 Å². The molecule has 0 aliphatic rings. The van der Waals surface area contributed by atoms with Crippen LogP contribution in [0.15, 0.2) is 12.7 Å². The quantitative estimate of drug-likeness (QED) is 0.381. The van der Waals surface area contributed by atoms with Crippen LogP contribution in [0.1, 0.15) is 13.3 Å². The molecular formula is C6H11I. The highest BCUT2D eigenvalue weighted by Gasteiger charge is 1.89. The van der Waals surface area contributed by atoms with Crippen LogP contribution in [0.2, 0.25) is 0 Å². The van der Waals surface area contributed by atoms with Crippen LogP contribution in [0.3, 0.4) is 0 Å². The summed E-state index contributed by atoms with van der Waals surface area (Å²) in [5.74, 6) is 0.705. The van der Waals surface area contributed by atoms with E-state index >= 15 is 0 Å². The second-order valence-corrected chi connectivity index (χ2v) is 2.77. The molecule has 1 heteroatoms. The Balaban J connectivity index is 2.98. The van der Waals surface area contributed by atoms with Crippen molar-refractivity contribution in [2.75, 3.05) is 4.43 Å². The monoisotopic (exact) mass is 210 g/mol. The third kappa shape index (κ3) is 4.32. The van der Waals surface area contributed by atoms with Crippen molar-refractivity contribution in [2.24, 2.45) is 5.92 Å². The van der Waals surface area contributed by atoms with E-state index in [0.717, 1.165) is 0 Å². The predicted molar refractivity (Wildman–Crippen MR) is 42.9 cm³/mol. The summed E-state index contributed by atoms with van der Waals surface area (Å²) in [4.78, 5) is 0. The fourth-order valence-electron chi connectivity index (χ4n) is 0.290. The minimum atomic E-state index is 0.705. The van der Waals surface area contributed by atoms with E-state index in [0.29, 0.717) is 5.92 Å². The Morgan fingerprint density at radius 1 is 1.86 bits per heavy atom. The van der Waals surface area contributed by atoms with Gasteiger partial charge in [-0.25, -0.2) is 0 Å². The number of alkyl halides is 1. The lowest BCUT2D eigenvalue weighted by Crippen LogP contribution is -1.87. The fourth-order valence-corrected chi connectivity index (χ4v) is 1.27. The number of rotatable bonds is 3. The van der Waals surface area contributed by atoms with Crippen molar-refractivity contribution >= 4 is 22.6 Å². The number of hydrogen-bond donors (Lipinski definition) is 0. The van der Waals surface area contributed by atoms with Crippen molar-refractivity contribution in [1.29, 1.82) is 0 Å². The van der Waals surface area contributed by atoms with Gasteiger partial charge in [0.15, 0.2) is 0 Å². The molecule has 0 spiro atoms. The van der Waals surface area contributed by atoms with Gasteiger partial charge in [-0.3, -0.25) is 0 Å². The van der Waals surface area contributed by atoms with Gasteiger partial charge in [-0.2, -0.15) is 0 Å². The van der Waals surface area contributed by atoms with E-state index in [1.165, 1.54) is 10.8 Å². The molecule has 42 valence electrons. The second kappa shape index (κ2) is 4.62. The second-order valence-electron chi connectivity index (χ2n) is 1.69. The van der Waals surface area contributed by atoms with Gasteiger partial charge in [0.05, 0.1) is 0 Å². The van der Waals surface area contributed by atoms with Gasteiger partial charge in [0.25, 0.3) is 0 Å².